The van der Waals surface area contributed by atoms with Crippen molar-refractivity contribution >= 4 is 18.0 Å². The fourth-order valence-corrected chi connectivity index (χ4v) is 2.16. The van der Waals surface area contributed by atoms with Crippen molar-refractivity contribution in [1.82, 2.24) is 0 Å². The largest absolute Gasteiger partial charge is 0.417 e. The number of carbonyl (C=O) groups excluding carboxylic acids is 1. The van der Waals surface area contributed by atoms with Gasteiger partial charge < -0.3 is 5.11 Å². The van der Waals surface area contributed by atoms with Crippen molar-refractivity contribution in [2.75, 3.05) is 6.61 Å². The summed E-state index contributed by atoms with van der Waals surface area (Å²) in [6.45, 7) is 1.41. The summed E-state index contributed by atoms with van der Waals surface area (Å²) in [5, 5.41) is 8.50. The van der Waals surface area contributed by atoms with E-state index in [4.69, 9.17) is 5.11 Å². The van der Waals surface area contributed by atoms with E-state index in [0.717, 1.165) is 17.8 Å². The molecule has 6 heteroatoms. The summed E-state index contributed by atoms with van der Waals surface area (Å²) < 4.78 is 38.2. The molecule has 0 amide bonds. The number of thioether (sulfide) groups is 1. The van der Waals surface area contributed by atoms with Crippen LogP contribution in [-0.2, 0) is 6.18 Å². The summed E-state index contributed by atoms with van der Waals surface area (Å²) >= 11 is 0.930. The number of rotatable bonds is 4. The van der Waals surface area contributed by atoms with E-state index in [2.05, 4.69) is 0 Å². The fourth-order valence-electron chi connectivity index (χ4n) is 1.20. The lowest BCUT2D eigenvalue weighted by atomic mass is 10.1. The van der Waals surface area contributed by atoms with Crippen molar-refractivity contribution in [3.05, 3.63) is 29.3 Å². The molecule has 0 radical (unpaired) electrons. The van der Waals surface area contributed by atoms with Crippen LogP contribution in [0.5, 0.6) is 0 Å². The van der Waals surface area contributed by atoms with Crippen molar-refractivity contribution in [1.29, 1.82) is 0 Å². The maximum Gasteiger partial charge on any atom is 0.417 e. The van der Waals surface area contributed by atoms with E-state index >= 15 is 0 Å². The maximum absolute atomic E-state index is 12.7. The smallest absolute Gasteiger partial charge is 0.395 e. The van der Waals surface area contributed by atoms with Gasteiger partial charge in [0, 0.05) is 15.7 Å². The van der Waals surface area contributed by atoms with Crippen molar-refractivity contribution in [2.45, 2.75) is 23.2 Å². The summed E-state index contributed by atoms with van der Waals surface area (Å²) in [5.74, 6) is 0. The molecule has 1 rings (SSSR count). The SMILES string of the molecule is CC(CO)Sc1ccc(C=O)cc1C(F)(F)F. The molecule has 1 N–H and O–H groups in total. The molecule has 0 saturated heterocycles. The summed E-state index contributed by atoms with van der Waals surface area (Å²) in [4.78, 5) is 10.5. The molecule has 2 nitrogen and oxygen atoms in total. The van der Waals surface area contributed by atoms with Gasteiger partial charge in [0.15, 0.2) is 0 Å². The molecule has 0 aliphatic heterocycles. The first-order valence-corrected chi connectivity index (χ1v) is 5.70. The number of benzene rings is 1. The number of halogens is 3. The van der Waals surface area contributed by atoms with Crippen molar-refractivity contribution in [3.8, 4) is 0 Å². The number of alkyl halides is 3. The second-order valence-electron chi connectivity index (χ2n) is 3.48. The van der Waals surface area contributed by atoms with Crippen LogP contribution < -0.4 is 0 Å². The zero-order valence-corrected chi connectivity index (χ0v) is 9.81. The van der Waals surface area contributed by atoms with Crippen LogP contribution in [0.25, 0.3) is 0 Å². The van der Waals surface area contributed by atoms with Crippen molar-refractivity contribution in [2.24, 2.45) is 0 Å². The molecule has 1 unspecified atom stereocenters. The van der Waals surface area contributed by atoms with E-state index in [1.165, 1.54) is 12.1 Å². The maximum atomic E-state index is 12.7. The highest BCUT2D eigenvalue weighted by molar-refractivity contribution is 8.00. The average molecular weight is 264 g/mol. The van der Waals surface area contributed by atoms with Crippen LogP contribution in [0.2, 0.25) is 0 Å². The molecule has 0 heterocycles. The monoisotopic (exact) mass is 264 g/mol. The van der Waals surface area contributed by atoms with Crippen LogP contribution in [0.1, 0.15) is 22.8 Å². The molecule has 0 fully saturated rings. The molecule has 0 saturated carbocycles. The second-order valence-corrected chi connectivity index (χ2v) is 4.96. The Hall–Kier alpha value is -1.01. The summed E-state index contributed by atoms with van der Waals surface area (Å²) in [7, 11) is 0. The van der Waals surface area contributed by atoms with Gasteiger partial charge in [-0.2, -0.15) is 13.2 Å². The van der Waals surface area contributed by atoms with Gasteiger partial charge in [-0.15, -0.1) is 11.8 Å². The molecule has 17 heavy (non-hydrogen) atoms. The highest BCUT2D eigenvalue weighted by Crippen LogP contribution is 2.38. The van der Waals surface area contributed by atoms with Crippen molar-refractivity contribution < 1.29 is 23.1 Å². The van der Waals surface area contributed by atoms with E-state index in [0.29, 0.717) is 6.29 Å². The lowest BCUT2D eigenvalue weighted by Gasteiger charge is -2.15. The lowest BCUT2D eigenvalue weighted by molar-refractivity contribution is -0.139. The van der Waals surface area contributed by atoms with Gasteiger partial charge in [-0.1, -0.05) is 13.0 Å². The Balaban J connectivity index is 3.16. The first-order chi connectivity index (χ1) is 7.88. The molecule has 0 aliphatic carbocycles. The van der Waals surface area contributed by atoms with E-state index in [-0.39, 0.29) is 22.3 Å². The second kappa shape index (κ2) is 5.55. The standard InChI is InChI=1S/C11H11F3O2S/c1-7(5-15)17-10-3-2-8(6-16)4-9(10)11(12,13)14/h2-4,6-7,15H,5H2,1H3. The molecule has 1 atom stereocenters. The Labute approximate surface area is 101 Å². The van der Waals surface area contributed by atoms with E-state index in [9.17, 15) is 18.0 Å². The highest BCUT2D eigenvalue weighted by Gasteiger charge is 2.34. The number of hydrogen-bond acceptors (Lipinski definition) is 3. The minimum absolute atomic E-state index is 0.0154. The highest BCUT2D eigenvalue weighted by atomic mass is 32.2. The molecular weight excluding hydrogens is 253 g/mol. The van der Waals surface area contributed by atoms with Gasteiger partial charge >= 0.3 is 6.18 Å². The number of carbonyl (C=O) groups is 1. The summed E-state index contributed by atoms with van der Waals surface area (Å²) in [6, 6.07) is 3.40. The molecular formula is C11H11F3O2S. The molecule has 0 aliphatic rings. The third-order valence-corrected chi connectivity index (χ3v) is 3.19. The Kier molecular flexibility index (Phi) is 4.59. The third-order valence-electron chi connectivity index (χ3n) is 2.03. The summed E-state index contributed by atoms with van der Waals surface area (Å²) in [5.41, 5.74) is -0.856. The molecule has 0 bridgehead atoms. The Morgan fingerprint density at radius 3 is 2.59 bits per heavy atom. The first-order valence-electron chi connectivity index (χ1n) is 4.82. The Morgan fingerprint density at radius 1 is 1.47 bits per heavy atom. The zero-order chi connectivity index (χ0) is 13.1. The molecule has 0 aromatic heterocycles. The van der Waals surface area contributed by atoms with Gasteiger partial charge in [-0.25, -0.2) is 0 Å². The van der Waals surface area contributed by atoms with Gasteiger partial charge in [0.1, 0.15) is 6.29 Å². The van der Waals surface area contributed by atoms with Gasteiger partial charge in [0.25, 0.3) is 0 Å². The fraction of sp³-hybridized carbons (Fsp3) is 0.364. The molecule has 1 aromatic carbocycles. The average Bonchev–Trinajstić information content (AvgIpc) is 2.28. The molecule has 0 spiro atoms. The van der Waals surface area contributed by atoms with Gasteiger partial charge in [0.05, 0.1) is 12.2 Å². The minimum Gasteiger partial charge on any atom is -0.395 e. The number of aliphatic hydroxyl groups excluding tert-OH is 1. The summed E-state index contributed by atoms with van der Waals surface area (Å²) in [6.07, 6.45) is -4.13. The van der Waals surface area contributed by atoms with Crippen LogP contribution in [0.15, 0.2) is 23.1 Å². The van der Waals surface area contributed by atoms with E-state index < -0.39 is 11.7 Å². The Morgan fingerprint density at radius 2 is 2.12 bits per heavy atom. The van der Waals surface area contributed by atoms with Crippen LogP contribution in [0.4, 0.5) is 13.2 Å². The molecule has 94 valence electrons. The first kappa shape index (κ1) is 14.1. The normalized spacial score (nSPS) is 13.5. The topological polar surface area (TPSA) is 37.3 Å². The zero-order valence-electron chi connectivity index (χ0n) is 8.99. The van der Waals surface area contributed by atoms with Gasteiger partial charge in [-0.05, 0) is 12.1 Å². The predicted octanol–water partition coefficient (Wildman–Crippen LogP) is 2.99. The Bertz CT molecular complexity index is 404. The van der Waals surface area contributed by atoms with Gasteiger partial charge in [-0.3, -0.25) is 4.79 Å². The van der Waals surface area contributed by atoms with Crippen LogP contribution >= 0.6 is 11.8 Å². The number of aliphatic hydroxyl groups is 1. The van der Waals surface area contributed by atoms with Crippen LogP contribution in [-0.4, -0.2) is 23.2 Å². The third kappa shape index (κ3) is 3.74. The minimum atomic E-state index is -4.50. The lowest BCUT2D eigenvalue weighted by Crippen LogP contribution is -2.10. The number of hydrogen-bond donors (Lipinski definition) is 1. The van der Waals surface area contributed by atoms with Crippen molar-refractivity contribution in [3.63, 3.8) is 0 Å². The van der Waals surface area contributed by atoms with Crippen LogP contribution in [0.3, 0.4) is 0 Å². The van der Waals surface area contributed by atoms with Crippen LogP contribution in [0, 0.1) is 0 Å². The van der Waals surface area contributed by atoms with E-state index in [1.807, 2.05) is 0 Å². The quantitative estimate of drug-likeness (QED) is 0.671. The van der Waals surface area contributed by atoms with E-state index in [1.54, 1.807) is 6.92 Å². The van der Waals surface area contributed by atoms with Gasteiger partial charge in [0.2, 0.25) is 0 Å². The molecule has 1 aromatic rings. The predicted molar refractivity (Wildman–Crippen MR) is 59.2 cm³/mol. The number of aldehydes is 1.